The lowest BCUT2D eigenvalue weighted by Gasteiger charge is -2.17. The Morgan fingerprint density at radius 2 is 2.32 bits per heavy atom. The van der Waals surface area contributed by atoms with Crippen molar-refractivity contribution in [3.63, 3.8) is 0 Å². The molecule has 0 aliphatic carbocycles. The molecule has 1 N–H and O–H groups in total. The van der Waals surface area contributed by atoms with Crippen LogP contribution in [0.5, 0.6) is 0 Å². The Morgan fingerprint density at radius 1 is 1.53 bits per heavy atom. The Kier molecular flexibility index (Phi) is 4.53. The number of nitrogens with one attached hydrogen (secondary N) is 1. The molecular weight excluding hydrogens is 243 g/mol. The molecule has 0 unspecified atom stereocenters. The minimum Gasteiger partial charge on any atom is -0.353 e. The van der Waals surface area contributed by atoms with Crippen LogP contribution < -0.4 is 5.32 Å². The van der Waals surface area contributed by atoms with Crippen LogP contribution in [0.4, 0.5) is 4.39 Å². The Morgan fingerprint density at radius 3 is 3.00 bits per heavy atom. The molecule has 3 nitrogen and oxygen atoms in total. The molecule has 0 radical (unpaired) electrons. The Labute approximate surface area is 113 Å². The normalized spacial score (nSPS) is 19.9. The van der Waals surface area contributed by atoms with Crippen LogP contribution in [0.3, 0.4) is 0 Å². The highest BCUT2D eigenvalue weighted by atomic mass is 19.1. The molecule has 0 bridgehead atoms. The second kappa shape index (κ2) is 6.15. The van der Waals surface area contributed by atoms with Gasteiger partial charge >= 0.3 is 0 Å². The van der Waals surface area contributed by atoms with E-state index in [1.54, 1.807) is 12.1 Å². The summed E-state index contributed by atoms with van der Waals surface area (Å²) in [6, 6.07) is 6.95. The van der Waals surface area contributed by atoms with E-state index in [2.05, 4.69) is 10.2 Å². The van der Waals surface area contributed by atoms with Crippen LogP contribution in [-0.2, 0) is 4.79 Å². The van der Waals surface area contributed by atoms with Gasteiger partial charge in [-0.25, -0.2) is 4.39 Å². The lowest BCUT2D eigenvalue weighted by molar-refractivity contribution is -0.122. The van der Waals surface area contributed by atoms with Crippen molar-refractivity contribution in [1.82, 2.24) is 10.2 Å². The van der Waals surface area contributed by atoms with Crippen molar-refractivity contribution in [2.24, 2.45) is 0 Å². The molecule has 104 valence electrons. The molecule has 1 aliphatic heterocycles. The van der Waals surface area contributed by atoms with Crippen molar-refractivity contribution in [2.45, 2.75) is 32.2 Å². The average molecular weight is 264 g/mol. The van der Waals surface area contributed by atoms with Crippen molar-refractivity contribution in [1.29, 1.82) is 0 Å². The molecule has 1 fully saturated rings. The van der Waals surface area contributed by atoms with Crippen LogP contribution in [0.15, 0.2) is 24.3 Å². The predicted molar refractivity (Wildman–Crippen MR) is 73.5 cm³/mol. The van der Waals surface area contributed by atoms with Gasteiger partial charge in [0.25, 0.3) is 0 Å². The van der Waals surface area contributed by atoms with Gasteiger partial charge in [-0.15, -0.1) is 0 Å². The number of hydrogen-bond acceptors (Lipinski definition) is 2. The topological polar surface area (TPSA) is 32.3 Å². The summed E-state index contributed by atoms with van der Waals surface area (Å²) in [5.74, 6) is 0.214. The number of rotatable bonds is 4. The van der Waals surface area contributed by atoms with Crippen LogP contribution in [0.1, 0.15) is 31.7 Å². The van der Waals surface area contributed by atoms with Gasteiger partial charge in [-0.05, 0) is 50.4 Å². The Bertz CT molecular complexity index is 448. The van der Waals surface area contributed by atoms with Crippen molar-refractivity contribution in [2.75, 3.05) is 19.6 Å². The quantitative estimate of drug-likeness (QED) is 0.903. The smallest absolute Gasteiger partial charge is 0.234 e. The zero-order valence-corrected chi connectivity index (χ0v) is 11.5. The minimum atomic E-state index is -0.187. The number of carbonyl (C=O) groups is 1. The number of benzene rings is 1. The summed E-state index contributed by atoms with van der Waals surface area (Å²) in [6.07, 6.45) is 0.985. The maximum Gasteiger partial charge on any atom is 0.234 e. The van der Waals surface area contributed by atoms with Crippen molar-refractivity contribution < 1.29 is 9.18 Å². The van der Waals surface area contributed by atoms with Gasteiger partial charge in [0, 0.05) is 12.6 Å². The molecule has 19 heavy (non-hydrogen) atoms. The molecule has 1 aromatic rings. The first-order valence-corrected chi connectivity index (χ1v) is 6.82. The number of amides is 1. The maximum absolute atomic E-state index is 13.2. The van der Waals surface area contributed by atoms with E-state index in [1.165, 1.54) is 6.07 Å². The van der Waals surface area contributed by atoms with E-state index >= 15 is 0 Å². The van der Waals surface area contributed by atoms with Crippen LogP contribution in [-0.4, -0.2) is 36.5 Å². The third kappa shape index (κ3) is 4.03. The number of likely N-dealkylation sites (tertiary alicyclic amines) is 1. The summed E-state index contributed by atoms with van der Waals surface area (Å²) < 4.78 is 13.2. The molecular formula is C15H21FN2O. The first-order valence-electron chi connectivity index (χ1n) is 6.82. The van der Waals surface area contributed by atoms with Gasteiger partial charge in [-0.2, -0.15) is 0 Å². The summed E-state index contributed by atoms with van der Waals surface area (Å²) in [7, 11) is 0. The number of nitrogens with zero attached hydrogens (tertiary/aromatic N) is 1. The lowest BCUT2D eigenvalue weighted by atomic mass is 9.98. The first-order chi connectivity index (χ1) is 9.04. The van der Waals surface area contributed by atoms with Crippen molar-refractivity contribution in [3.05, 3.63) is 35.6 Å². The van der Waals surface area contributed by atoms with E-state index in [4.69, 9.17) is 0 Å². The second-order valence-electron chi connectivity index (χ2n) is 5.50. The first kappa shape index (κ1) is 14.0. The Hall–Kier alpha value is -1.42. The van der Waals surface area contributed by atoms with E-state index in [0.29, 0.717) is 12.5 Å². The zero-order valence-electron chi connectivity index (χ0n) is 11.5. The number of carbonyl (C=O) groups excluding carboxylic acids is 1. The average Bonchev–Trinajstić information content (AvgIpc) is 2.76. The second-order valence-corrected chi connectivity index (χ2v) is 5.50. The van der Waals surface area contributed by atoms with Gasteiger partial charge in [0.15, 0.2) is 0 Å². The predicted octanol–water partition coefficient (Wildman–Crippen LogP) is 2.14. The molecule has 1 aliphatic rings. The fourth-order valence-electron chi connectivity index (χ4n) is 2.58. The van der Waals surface area contributed by atoms with Gasteiger partial charge < -0.3 is 5.32 Å². The molecule has 2 rings (SSSR count). The fourth-order valence-corrected chi connectivity index (χ4v) is 2.58. The summed E-state index contributed by atoms with van der Waals surface area (Å²) in [6.45, 7) is 6.07. The van der Waals surface area contributed by atoms with Crippen LogP contribution in [0.2, 0.25) is 0 Å². The van der Waals surface area contributed by atoms with Crippen LogP contribution >= 0.6 is 0 Å². The fraction of sp³-hybridized carbons (Fsp3) is 0.533. The molecule has 0 aromatic heterocycles. The van der Waals surface area contributed by atoms with E-state index in [1.807, 2.05) is 19.9 Å². The zero-order chi connectivity index (χ0) is 13.8. The van der Waals surface area contributed by atoms with E-state index in [9.17, 15) is 9.18 Å². The molecule has 1 amide bonds. The van der Waals surface area contributed by atoms with Gasteiger partial charge in [0.2, 0.25) is 5.91 Å². The molecule has 0 spiro atoms. The number of halogens is 1. The monoisotopic (exact) mass is 264 g/mol. The molecule has 0 saturated carbocycles. The number of hydrogen-bond donors (Lipinski definition) is 1. The maximum atomic E-state index is 13.2. The highest BCUT2D eigenvalue weighted by Crippen LogP contribution is 2.27. The van der Waals surface area contributed by atoms with Crippen molar-refractivity contribution >= 4 is 5.91 Å². The third-order valence-corrected chi connectivity index (χ3v) is 3.41. The highest BCUT2D eigenvalue weighted by molar-refractivity contribution is 5.78. The van der Waals surface area contributed by atoms with Crippen LogP contribution in [0.25, 0.3) is 0 Å². The molecule has 1 aromatic carbocycles. The van der Waals surface area contributed by atoms with Gasteiger partial charge in [0.1, 0.15) is 5.82 Å². The Balaban J connectivity index is 1.88. The van der Waals surface area contributed by atoms with E-state index < -0.39 is 0 Å². The largest absolute Gasteiger partial charge is 0.353 e. The van der Waals surface area contributed by atoms with Gasteiger partial charge in [-0.1, -0.05) is 12.1 Å². The summed E-state index contributed by atoms with van der Waals surface area (Å²) in [4.78, 5) is 13.8. The van der Waals surface area contributed by atoms with Crippen LogP contribution in [0, 0.1) is 5.82 Å². The minimum absolute atomic E-state index is 0.0647. The standard InChI is InChI=1S/C15H21FN2O/c1-11(2)17-15(19)10-18-7-6-13(9-18)12-4-3-5-14(16)8-12/h3-5,8,11,13H,6-7,9-10H2,1-2H3,(H,17,19)/t13-/m0/s1. The molecule has 1 saturated heterocycles. The van der Waals surface area contributed by atoms with E-state index in [0.717, 1.165) is 25.1 Å². The van der Waals surface area contributed by atoms with Gasteiger partial charge in [0.05, 0.1) is 6.54 Å². The van der Waals surface area contributed by atoms with E-state index in [-0.39, 0.29) is 17.8 Å². The lowest BCUT2D eigenvalue weighted by Crippen LogP contribution is -2.39. The third-order valence-electron chi connectivity index (χ3n) is 3.41. The summed E-state index contributed by atoms with van der Waals surface area (Å²) in [5.41, 5.74) is 1.03. The SMILES string of the molecule is CC(C)NC(=O)CN1CC[C@H](c2cccc(F)c2)C1. The van der Waals surface area contributed by atoms with Crippen molar-refractivity contribution in [3.8, 4) is 0 Å². The highest BCUT2D eigenvalue weighted by Gasteiger charge is 2.25. The molecule has 1 atom stereocenters. The van der Waals surface area contributed by atoms with Gasteiger partial charge in [-0.3, -0.25) is 9.69 Å². The summed E-state index contributed by atoms with van der Waals surface area (Å²) >= 11 is 0. The molecule has 4 heteroatoms. The summed E-state index contributed by atoms with van der Waals surface area (Å²) in [5, 5.41) is 2.89. The molecule has 1 heterocycles.